The van der Waals surface area contributed by atoms with Crippen molar-refractivity contribution in [2.24, 2.45) is 0 Å². The summed E-state index contributed by atoms with van der Waals surface area (Å²) in [6, 6.07) is 5.78. The number of methoxy groups -OCH3 is 1. The zero-order valence-electron chi connectivity index (χ0n) is 10.5. The molecule has 0 saturated carbocycles. The highest BCUT2D eigenvalue weighted by Gasteiger charge is 2.11. The molecule has 0 spiro atoms. The van der Waals surface area contributed by atoms with E-state index in [0.29, 0.717) is 0 Å². The number of aliphatic hydroxyl groups excluding tert-OH is 1. The molecule has 90 valence electrons. The highest BCUT2D eigenvalue weighted by Crippen LogP contribution is 2.24. The van der Waals surface area contributed by atoms with Crippen LogP contribution in [0.5, 0.6) is 5.75 Å². The van der Waals surface area contributed by atoms with Crippen LogP contribution in [0.4, 0.5) is 0 Å². The lowest BCUT2D eigenvalue weighted by Gasteiger charge is -2.17. The van der Waals surface area contributed by atoms with E-state index in [1.807, 2.05) is 39.2 Å². The summed E-state index contributed by atoms with van der Waals surface area (Å²) >= 11 is 0. The van der Waals surface area contributed by atoms with Crippen LogP contribution < -0.4 is 4.74 Å². The number of hydrogen-bond donors (Lipinski definition) is 1. The van der Waals surface area contributed by atoms with Crippen LogP contribution in [0.2, 0.25) is 0 Å². The van der Waals surface area contributed by atoms with Crippen LogP contribution >= 0.6 is 0 Å². The Hall–Kier alpha value is -1.06. The van der Waals surface area contributed by atoms with Gasteiger partial charge in [0.25, 0.3) is 0 Å². The lowest BCUT2D eigenvalue weighted by molar-refractivity contribution is 0.153. The Labute approximate surface area is 97.7 Å². The van der Waals surface area contributed by atoms with Gasteiger partial charge >= 0.3 is 0 Å². The number of rotatable bonds is 5. The molecule has 1 rings (SSSR count). The molecule has 0 aromatic heterocycles. The van der Waals surface area contributed by atoms with Crippen LogP contribution in [0, 0.1) is 6.92 Å². The van der Waals surface area contributed by atoms with Gasteiger partial charge in [0, 0.05) is 6.54 Å². The average Bonchev–Trinajstić information content (AvgIpc) is 2.25. The Morgan fingerprint density at radius 2 is 2.06 bits per heavy atom. The predicted octanol–water partition coefficient (Wildman–Crippen LogP) is 1.99. The van der Waals surface area contributed by atoms with Crippen LogP contribution in [0.1, 0.15) is 23.7 Å². The Balaban J connectivity index is 2.71. The van der Waals surface area contributed by atoms with Gasteiger partial charge in [0.15, 0.2) is 0 Å². The molecule has 3 heteroatoms. The molecule has 0 heterocycles. The molecule has 1 unspecified atom stereocenters. The number of aryl methyl sites for hydroxylation is 1. The zero-order chi connectivity index (χ0) is 12.1. The SMILES string of the molecule is COc1ccc(C(O)CCN(C)C)c(C)c1. The van der Waals surface area contributed by atoms with Crippen LogP contribution in [0.25, 0.3) is 0 Å². The minimum atomic E-state index is -0.395. The van der Waals surface area contributed by atoms with Gasteiger partial charge in [0.2, 0.25) is 0 Å². The number of ether oxygens (including phenoxy) is 1. The Bertz CT molecular complexity index is 337. The van der Waals surface area contributed by atoms with E-state index in [4.69, 9.17) is 4.74 Å². The Kier molecular flexibility index (Phi) is 4.77. The molecule has 0 aliphatic rings. The predicted molar refractivity (Wildman–Crippen MR) is 65.9 cm³/mol. The standard InChI is InChI=1S/C13H21NO2/c1-10-9-11(16-4)5-6-12(10)13(15)7-8-14(2)3/h5-6,9,13,15H,7-8H2,1-4H3. The maximum absolute atomic E-state index is 10.0. The number of hydrogen-bond acceptors (Lipinski definition) is 3. The van der Waals surface area contributed by atoms with E-state index in [0.717, 1.165) is 29.8 Å². The summed E-state index contributed by atoms with van der Waals surface area (Å²) in [5, 5.41) is 10.0. The second-order valence-electron chi connectivity index (χ2n) is 4.33. The van der Waals surface area contributed by atoms with Gasteiger partial charge in [-0.15, -0.1) is 0 Å². The van der Waals surface area contributed by atoms with Crippen molar-refractivity contribution >= 4 is 0 Å². The van der Waals surface area contributed by atoms with E-state index >= 15 is 0 Å². The van der Waals surface area contributed by atoms with Crippen LogP contribution in [-0.2, 0) is 0 Å². The molecule has 0 aliphatic carbocycles. The fraction of sp³-hybridized carbons (Fsp3) is 0.538. The van der Waals surface area contributed by atoms with Gasteiger partial charge < -0.3 is 14.7 Å². The van der Waals surface area contributed by atoms with E-state index in [9.17, 15) is 5.11 Å². The molecule has 0 bridgehead atoms. The van der Waals surface area contributed by atoms with Gasteiger partial charge in [0.1, 0.15) is 5.75 Å². The van der Waals surface area contributed by atoms with Crippen LogP contribution in [-0.4, -0.2) is 37.8 Å². The van der Waals surface area contributed by atoms with Gasteiger partial charge in [-0.3, -0.25) is 0 Å². The monoisotopic (exact) mass is 223 g/mol. The maximum Gasteiger partial charge on any atom is 0.119 e. The summed E-state index contributed by atoms with van der Waals surface area (Å²) in [4.78, 5) is 2.07. The quantitative estimate of drug-likeness (QED) is 0.828. The molecule has 1 atom stereocenters. The smallest absolute Gasteiger partial charge is 0.119 e. The number of nitrogens with zero attached hydrogens (tertiary/aromatic N) is 1. The van der Waals surface area contributed by atoms with Crippen molar-refractivity contribution in [2.45, 2.75) is 19.4 Å². The minimum absolute atomic E-state index is 0.395. The number of aliphatic hydroxyl groups is 1. The molecular weight excluding hydrogens is 202 g/mol. The summed E-state index contributed by atoms with van der Waals surface area (Å²) < 4.78 is 5.14. The fourth-order valence-electron chi connectivity index (χ4n) is 1.69. The molecule has 16 heavy (non-hydrogen) atoms. The molecule has 0 amide bonds. The first-order valence-electron chi connectivity index (χ1n) is 5.52. The van der Waals surface area contributed by atoms with Gasteiger partial charge in [0.05, 0.1) is 13.2 Å². The molecule has 0 aliphatic heterocycles. The molecule has 1 aromatic carbocycles. The van der Waals surface area contributed by atoms with Crippen LogP contribution in [0.3, 0.4) is 0 Å². The second kappa shape index (κ2) is 5.87. The summed E-state index contributed by atoms with van der Waals surface area (Å²) in [5.41, 5.74) is 2.06. The topological polar surface area (TPSA) is 32.7 Å². The molecule has 0 radical (unpaired) electrons. The molecule has 0 saturated heterocycles. The first-order chi connectivity index (χ1) is 7.54. The normalized spacial score (nSPS) is 12.9. The average molecular weight is 223 g/mol. The van der Waals surface area contributed by atoms with Crippen molar-refractivity contribution < 1.29 is 9.84 Å². The van der Waals surface area contributed by atoms with Crippen molar-refractivity contribution in [3.63, 3.8) is 0 Å². The largest absolute Gasteiger partial charge is 0.497 e. The summed E-state index contributed by atoms with van der Waals surface area (Å²) in [5.74, 6) is 0.834. The van der Waals surface area contributed by atoms with Crippen molar-refractivity contribution in [3.05, 3.63) is 29.3 Å². The Morgan fingerprint density at radius 3 is 2.56 bits per heavy atom. The highest BCUT2D eigenvalue weighted by molar-refractivity contribution is 5.35. The van der Waals surface area contributed by atoms with Gasteiger partial charge in [-0.25, -0.2) is 0 Å². The maximum atomic E-state index is 10.0. The van der Waals surface area contributed by atoms with E-state index < -0.39 is 6.10 Å². The van der Waals surface area contributed by atoms with E-state index in [1.54, 1.807) is 7.11 Å². The van der Waals surface area contributed by atoms with Gasteiger partial charge in [-0.1, -0.05) is 6.07 Å². The first kappa shape index (κ1) is 13.0. The lowest BCUT2D eigenvalue weighted by atomic mass is 10.0. The molecule has 3 nitrogen and oxygen atoms in total. The van der Waals surface area contributed by atoms with Gasteiger partial charge in [-0.05, 0) is 50.7 Å². The third-order valence-electron chi connectivity index (χ3n) is 2.69. The number of benzene rings is 1. The van der Waals surface area contributed by atoms with E-state index in [2.05, 4.69) is 4.90 Å². The second-order valence-corrected chi connectivity index (χ2v) is 4.33. The lowest BCUT2D eigenvalue weighted by Crippen LogP contribution is -2.16. The third-order valence-corrected chi connectivity index (χ3v) is 2.69. The molecule has 1 aromatic rings. The van der Waals surface area contributed by atoms with Crippen LogP contribution in [0.15, 0.2) is 18.2 Å². The summed E-state index contributed by atoms with van der Waals surface area (Å²) in [6.45, 7) is 2.88. The van der Waals surface area contributed by atoms with Gasteiger partial charge in [-0.2, -0.15) is 0 Å². The Morgan fingerprint density at radius 1 is 1.38 bits per heavy atom. The van der Waals surface area contributed by atoms with Crippen molar-refractivity contribution in [3.8, 4) is 5.75 Å². The molecule has 0 fully saturated rings. The minimum Gasteiger partial charge on any atom is -0.497 e. The zero-order valence-corrected chi connectivity index (χ0v) is 10.5. The highest BCUT2D eigenvalue weighted by atomic mass is 16.5. The summed E-state index contributed by atoms with van der Waals surface area (Å²) in [7, 11) is 5.66. The van der Waals surface area contributed by atoms with E-state index in [-0.39, 0.29) is 0 Å². The van der Waals surface area contributed by atoms with E-state index in [1.165, 1.54) is 0 Å². The summed E-state index contributed by atoms with van der Waals surface area (Å²) in [6.07, 6.45) is 0.355. The fourth-order valence-corrected chi connectivity index (χ4v) is 1.69. The van der Waals surface area contributed by atoms with Crippen molar-refractivity contribution in [1.82, 2.24) is 4.90 Å². The van der Waals surface area contributed by atoms with Crippen molar-refractivity contribution in [1.29, 1.82) is 0 Å². The molecule has 1 N–H and O–H groups in total. The third kappa shape index (κ3) is 3.51. The first-order valence-corrected chi connectivity index (χ1v) is 5.52. The van der Waals surface area contributed by atoms with Crippen molar-refractivity contribution in [2.75, 3.05) is 27.7 Å². The molecular formula is C13H21NO2.